The van der Waals surface area contributed by atoms with E-state index in [1.165, 1.54) is 11.8 Å². The Bertz CT molecular complexity index is 875. The zero-order chi connectivity index (χ0) is 20.2. The van der Waals surface area contributed by atoms with Gasteiger partial charge in [-0.3, -0.25) is 0 Å². The molecular weight excluding hydrogens is 360 g/mol. The van der Waals surface area contributed by atoms with Crippen molar-refractivity contribution >= 4 is 15.9 Å². The maximum absolute atomic E-state index is 12.6. The summed E-state index contributed by atoms with van der Waals surface area (Å²) in [5.74, 6) is 0. The third-order valence-corrected chi connectivity index (χ3v) is 6.05. The van der Waals surface area contributed by atoms with Crippen molar-refractivity contribution in [3.05, 3.63) is 65.2 Å². The highest BCUT2D eigenvalue weighted by Crippen LogP contribution is 2.22. The van der Waals surface area contributed by atoms with Gasteiger partial charge >= 0.3 is 6.03 Å². The summed E-state index contributed by atoms with van der Waals surface area (Å²) >= 11 is 0. The third-order valence-electron chi connectivity index (χ3n) is 4.92. The Morgan fingerprint density at radius 2 is 1.52 bits per heavy atom. The van der Waals surface area contributed by atoms with Crippen LogP contribution in [-0.4, -0.2) is 32.7 Å². The van der Waals surface area contributed by atoms with Gasteiger partial charge < -0.3 is 10.2 Å². The Morgan fingerprint density at radius 3 is 2.00 bits per heavy atom. The molecule has 0 bridgehead atoms. The van der Waals surface area contributed by atoms with Gasteiger partial charge in [0, 0.05) is 13.3 Å². The maximum atomic E-state index is 12.6. The molecular formula is C21H28N2O3S. The van der Waals surface area contributed by atoms with E-state index >= 15 is 0 Å². The van der Waals surface area contributed by atoms with Crippen LogP contribution in [0.15, 0.2) is 53.4 Å². The smallest absolute Gasteiger partial charge is 0.318 e. The van der Waals surface area contributed by atoms with E-state index in [2.05, 4.69) is 24.4 Å². The zero-order valence-electron chi connectivity index (χ0n) is 16.6. The fourth-order valence-corrected chi connectivity index (χ4v) is 3.44. The van der Waals surface area contributed by atoms with Crippen molar-refractivity contribution in [1.29, 1.82) is 0 Å². The van der Waals surface area contributed by atoms with Crippen LogP contribution in [0.3, 0.4) is 0 Å². The van der Waals surface area contributed by atoms with Crippen molar-refractivity contribution in [2.75, 3.05) is 13.3 Å². The Labute approximate surface area is 162 Å². The van der Waals surface area contributed by atoms with Gasteiger partial charge in [-0.05, 0) is 49.1 Å². The number of hydrogen-bond acceptors (Lipinski definition) is 3. The van der Waals surface area contributed by atoms with Gasteiger partial charge in [0.15, 0.2) is 9.84 Å². The second-order valence-electron chi connectivity index (χ2n) is 6.89. The number of carbonyl (C=O) groups excluding carboxylic acids is 1. The Hall–Kier alpha value is -2.34. The molecule has 0 heterocycles. The highest BCUT2D eigenvalue weighted by Gasteiger charge is 2.20. The lowest BCUT2D eigenvalue weighted by molar-refractivity contribution is 0.191. The molecule has 0 aliphatic heterocycles. The molecule has 0 radical (unpaired) electrons. The first-order valence-corrected chi connectivity index (χ1v) is 10.9. The minimum absolute atomic E-state index is 0.106. The molecule has 2 amide bonds. The Balaban J connectivity index is 2.04. The van der Waals surface area contributed by atoms with E-state index in [0.717, 1.165) is 17.5 Å². The summed E-state index contributed by atoms with van der Waals surface area (Å²) in [6.07, 6.45) is 2.17. The van der Waals surface area contributed by atoms with Crippen LogP contribution in [0.1, 0.15) is 49.5 Å². The van der Waals surface area contributed by atoms with Crippen molar-refractivity contribution in [1.82, 2.24) is 10.2 Å². The molecule has 146 valence electrons. The van der Waals surface area contributed by atoms with E-state index in [9.17, 15) is 13.2 Å². The number of nitrogens with one attached hydrogen (secondary N) is 1. The molecule has 6 heteroatoms. The summed E-state index contributed by atoms with van der Waals surface area (Å²) in [5, 5.41) is 3.01. The van der Waals surface area contributed by atoms with Gasteiger partial charge in [0.1, 0.15) is 0 Å². The lowest BCUT2D eigenvalue weighted by atomic mass is 10.0. The topological polar surface area (TPSA) is 66.5 Å². The fraction of sp³-hybridized carbons (Fsp3) is 0.381. The zero-order valence-corrected chi connectivity index (χ0v) is 17.4. The lowest BCUT2D eigenvalue weighted by Gasteiger charge is -2.27. The molecule has 0 unspecified atom stereocenters. The van der Waals surface area contributed by atoms with Gasteiger partial charge in [0.25, 0.3) is 0 Å². The standard InChI is InChI=1S/C21H28N2O3S/c1-6-17-7-9-18(10-8-17)15(2)22-21(24)23(4)16(3)19-11-13-20(14-12-19)27(5,25)26/h7-16H,6H2,1-5H3,(H,22,24)/t15-,16-/m1/s1. The van der Waals surface area contributed by atoms with Crippen LogP contribution in [0.2, 0.25) is 0 Å². The van der Waals surface area contributed by atoms with E-state index < -0.39 is 9.84 Å². The molecule has 5 nitrogen and oxygen atoms in total. The van der Waals surface area contributed by atoms with Crippen LogP contribution in [0.5, 0.6) is 0 Å². The number of hydrogen-bond donors (Lipinski definition) is 1. The first kappa shape index (κ1) is 21.0. The molecule has 0 saturated heterocycles. The van der Waals surface area contributed by atoms with E-state index in [1.807, 2.05) is 26.0 Å². The number of aryl methyl sites for hydroxylation is 1. The van der Waals surface area contributed by atoms with Crippen molar-refractivity contribution in [2.24, 2.45) is 0 Å². The second-order valence-corrected chi connectivity index (χ2v) is 8.91. The van der Waals surface area contributed by atoms with Crippen LogP contribution in [0.25, 0.3) is 0 Å². The third kappa shape index (κ3) is 5.32. The van der Waals surface area contributed by atoms with Crippen LogP contribution in [0, 0.1) is 0 Å². The first-order valence-electron chi connectivity index (χ1n) is 9.05. The average molecular weight is 389 g/mol. The van der Waals surface area contributed by atoms with Gasteiger partial charge in [0.05, 0.1) is 17.0 Å². The van der Waals surface area contributed by atoms with Crippen LogP contribution in [-0.2, 0) is 16.3 Å². The van der Waals surface area contributed by atoms with Crippen LogP contribution >= 0.6 is 0 Å². The molecule has 0 spiro atoms. The monoisotopic (exact) mass is 388 g/mol. The lowest BCUT2D eigenvalue weighted by Crippen LogP contribution is -2.39. The molecule has 0 fully saturated rings. The number of nitrogens with zero attached hydrogens (tertiary/aromatic N) is 1. The van der Waals surface area contributed by atoms with Crippen LogP contribution < -0.4 is 5.32 Å². The molecule has 0 aliphatic rings. The quantitative estimate of drug-likeness (QED) is 0.810. The normalized spacial score (nSPS) is 13.7. The predicted molar refractivity (Wildman–Crippen MR) is 108 cm³/mol. The minimum atomic E-state index is -3.23. The van der Waals surface area contributed by atoms with Gasteiger partial charge in [-0.25, -0.2) is 13.2 Å². The molecule has 0 aliphatic carbocycles. The molecule has 2 aromatic carbocycles. The van der Waals surface area contributed by atoms with E-state index in [0.29, 0.717) is 0 Å². The minimum Gasteiger partial charge on any atom is -0.331 e. The summed E-state index contributed by atoms with van der Waals surface area (Å²) in [6.45, 7) is 5.98. The summed E-state index contributed by atoms with van der Waals surface area (Å²) < 4.78 is 23.2. The van der Waals surface area contributed by atoms with E-state index in [1.54, 1.807) is 36.2 Å². The number of amides is 2. The second kappa shape index (κ2) is 8.57. The molecule has 1 N–H and O–H groups in total. The number of urea groups is 1. The van der Waals surface area contributed by atoms with Crippen molar-refractivity contribution < 1.29 is 13.2 Å². The molecule has 0 aromatic heterocycles. The number of sulfone groups is 1. The summed E-state index contributed by atoms with van der Waals surface area (Å²) in [4.78, 5) is 14.5. The molecule has 27 heavy (non-hydrogen) atoms. The Kier molecular flexibility index (Phi) is 6.65. The van der Waals surface area contributed by atoms with Gasteiger partial charge in [0.2, 0.25) is 0 Å². The largest absolute Gasteiger partial charge is 0.331 e. The fourth-order valence-electron chi connectivity index (χ4n) is 2.81. The highest BCUT2D eigenvalue weighted by atomic mass is 32.2. The van der Waals surface area contributed by atoms with Crippen molar-refractivity contribution in [3.8, 4) is 0 Å². The molecule has 2 atom stereocenters. The first-order chi connectivity index (χ1) is 12.6. The van der Waals surface area contributed by atoms with Crippen molar-refractivity contribution in [3.63, 3.8) is 0 Å². The molecule has 2 aromatic rings. The summed E-state index contributed by atoms with van der Waals surface area (Å²) in [6, 6.07) is 14.4. The summed E-state index contributed by atoms with van der Waals surface area (Å²) in [5.41, 5.74) is 3.19. The summed E-state index contributed by atoms with van der Waals surface area (Å²) in [7, 11) is -1.49. The van der Waals surface area contributed by atoms with E-state index in [-0.39, 0.29) is 23.0 Å². The van der Waals surface area contributed by atoms with Gasteiger partial charge in [-0.15, -0.1) is 0 Å². The molecule has 2 rings (SSSR count). The molecule has 0 saturated carbocycles. The van der Waals surface area contributed by atoms with Gasteiger partial charge in [-0.1, -0.05) is 43.3 Å². The number of benzene rings is 2. The van der Waals surface area contributed by atoms with Crippen LogP contribution in [0.4, 0.5) is 4.79 Å². The average Bonchev–Trinajstić information content (AvgIpc) is 2.66. The van der Waals surface area contributed by atoms with Crippen molar-refractivity contribution in [2.45, 2.75) is 44.2 Å². The van der Waals surface area contributed by atoms with E-state index in [4.69, 9.17) is 0 Å². The maximum Gasteiger partial charge on any atom is 0.318 e. The predicted octanol–water partition coefficient (Wildman–Crippen LogP) is 4.12. The number of rotatable bonds is 6. The SMILES string of the molecule is CCc1ccc([C@@H](C)NC(=O)N(C)[C@H](C)c2ccc(S(C)(=O)=O)cc2)cc1. The number of carbonyl (C=O) groups is 1. The Morgan fingerprint density at radius 1 is 1.00 bits per heavy atom. The highest BCUT2D eigenvalue weighted by molar-refractivity contribution is 7.90. The van der Waals surface area contributed by atoms with Gasteiger partial charge in [-0.2, -0.15) is 0 Å².